The summed E-state index contributed by atoms with van der Waals surface area (Å²) in [4.78, 5) is 19.8. The van der Waals surface area contributed by atoms with Gasteiger partial charge in [-0.05, 0) is 50.7 Å². The molecule has 8 rings (SSSR count). The number of nitrogens with zero attached hydrogens (tertiary/aromatic N) is 5. The van der Waals surface area contributed by atoms with Crippen LogP contribution in [0.1, 0.15) is 41.7 Å². The minimum Gasteiger partial charge on any atom is -0.369 e. The number of rotatable bonds is 5. The second-order valence-electron chi connectivity index (χ2n) is 10.7. The number of carbonyl (C=O) groups is 1. The highest BCUT2D eigenvalue weighted by Crippen LogP contribution is 2.57. The van der Waals surface area contributed by atoms with E-state index in [1.165, 1.54) is 25.3 Å². The summed E-state index contributed by atoms with van der Waals surface area (Å²) in [5.41, 5.74) is 3.97. The number of aromatic nitrogens is 4. The lowest BCUT2D eigenvalue weighted by molar-refractivity contribution is -0.0572. The van der Waals surface area contributed by atoms with E-state index < -0.39 is 5.82 Å². The van der Waals surface area contributed by atoms with Crippen LogP contribution in [0.3, 0.4) is 0 Å². The predicted molar refractivity (Wildman–Crippen MR) is 132 cm³/mol. The Morgan fingerprint density at radius 1 is 1.20 bits per heavy atom. The number of aryl methyl sites for hydroxylation is 2. The van der Waals surface area contributed by atoms with Crippen molar-refractivity contribution >= 4 is 33.8 Å². The van der Waals surface area contributed by atoms with E-state index in [-0.39, 0.29) is 11.6 Å². The second-order valence-corrected chi connectivity index (χ2v) is 10.7. The Morgan fingerprint density at radius 3 is 2.80 bits per heavy atom. The van der Waals surface area contributed by atoms with Gasteiger partial charge in [-0.15, -0.1) is 0 Å². The van der Waals surface area contributed by atoms with Gasteiger partial charge in [0.1, 0.15) is 5.52 Å². The number of pyridine rings is 1. The molecule has 1 saturated heterocycles. The number of hydrogen-bond acceptors (Lipinski definition) is 5. The molecule has 1 aliphatic heterocycles. The van der Waals surface area contributed by atoms with Crippen molar-refractivity contribution in [3.05, 3.63) is 53.9 Å². The van der Waals surface area contributed by atoms with Crippen LogP contribution in [0.15, 0.2) is 36.8 Å². The maximum absolute atomic E-state index is 14.5. The van der Waals surface area contributed by atoms with Gasteiger partial charge in [-0.2, -0.15) is 5.10 Å². The summed E-state index contributed by atoms with van der Waals surface area (Å²) in [6.07, 6.45) is 10.5. The fraction of sp³-hybridized carbons (Fsp3) is 0.423. The fourth-order valence-corrected chi connectivity index (χ4v) is 6.30. The zero-order valence-electron chi connectivity index (χ0n) is 19.9. The Labute approximate surface area is 202 Å². The van der Waals surface area contributed by atoms with Crippen molar-refractivity contribution < 1.29 is 9.18 Å². The van der Waals surface area contributed by atoms with Crippen molar-refractivity contribution in [2.24, 2.45) is 13.0 Å². The number of fused-ring (bicyclic) bond motifs is 2. The van der Waals surface area contributed by atoms with Crippen molar-refractivity contribution in [3.63, 3.8) is 0 Å². The van der Waals surface area contributed by atoms with Crippen LogP contribution in [-0.2, 0) is 7.05 Å². The van der Waals surface area contributed by atoms with E-state index in [9.17, 15) is 9.18 Å². The SMILES string of the molecule is Cc1cn2cc(NC(=O)c3ccc(N4CC[C@H](NC56CC(C5)C6)C4)c4cn(C)nc34)cc(F)c2n1. The van der Waals surface area contributed by atoms with Crippen LogP contribution in [0.5, 0.6) is 0 Å². The van der Waals surface area contributed by atoms with Gasteiger partial charge < -0.3 is 19.9 Å². The van der Waals surface area contributed by atoms with Crippen LogP contribution < -0.4 is 15.5 Å². The quantitative estimate of drug-likeness (QED) is 0.463. The highest BCUT2D eigenvalue weighted by Gasteiger charge is 2.57. The van der Waals surface area contributed by atoms with Gasteiger partial charge in [0.05, 0.1) is 16.9 Å². The highest BCUT2D eigenvalue weighted by atomic mass is 19.1. The fourth-order valence-electron chi connectivity index (χ4n) is 6.30. The van der Waals surface area contributed by atoms with Gasteiger partial charge in [-0.25, -0.2) is 9.37 Å². The maximum Gasteiger partial charge on any atom is 0.257 e. The van der Waals surface area contributed by atoms with Crippen LogP contribution in [0.25, 0.3) is 16.6 Å². The molecule has 180 valence electrons. The standard InChI is InChI=1S/C26H28FN7O/c1-15-11-34-13-18(7-21(27)24(34)28-15)29-25(35)19-3-4-22(20-14-32(2)31-23(19)20)33-6-5-17(12-33)30-26-8-16(9-26)10-26/h3-4,7,11,13-14,16-17,30H,5-6,8-10,12H2,1-2H3,(H,29,35)/t16?,17-,26?/m0/s1. The average molecular weight is 474 g/mol. The number of amides is 1. The minimum absolute atomic E-state index is 0.240. The Bertz CT molecular complexity index is 1490. The molecule has 4 heterocycles. The van der Waals surface area contributed by atoms with Crippen LogP contribution in [0.4, 0.5) is 15.8 Å². The highest BCUT2D eigenvalue weighted by molar-refractivity contribution is 6.13. The molecule has 3 aliphatic carbocycles. The zero-order chi connectivity index (χ0) is 23.9. The van der Waals surface area contributed by atoms with Crippen molar-refractivity contribution in [1.29, 1.82) is 0 Å². The molecule has 4 fully saturated rings. The van der Waals surface area contributed by atoms with Crippen LogP contribution in [0, 0.1) is 18.7 Å². The smallest absolute Gasteiger partial charge is 0.257 e. The predicted octanol–water partition coefficient (Wildman–Crippen LogP) is 3.64. The third-order valence-electron chi connectivity index (χ3n) is 7.97. The molecule has 1 amide bonds. The zero-order valence-corrected chi connectivity index (χ0v) is 19.9. The largest absolute Gasteiger partial charge is 0.369 e. The first-order valence-corrected chi connectivity index (χ1v) is 12.3. The Kier molecular flexibility index (Phi) is 4.34. The summed E-state index contributed by atoms with van der Waals surface area (Å²) in [6.45, 7) is 3.75. The Balaban J connectivity index is 1.15. The summed E-state index contributed by atoms with van der Waals surface area (Å²) < 4.78 is 17.8. The van der Waals surface area contributed by atoms with E-state index in [4.69, 9.17) is 0 Å². The molecule has 2 bridgehead atoms. The Morgan fingerprint density at radius 2 is 2.03 bits per heavy atom. The molecule has 4 aromatic rings. The summed E-state index contributed by atoms with van der Waals surface area (Å²) >= 11 is 0. The van der Waals surface area contributed by atoms with Crippen molar-refractivity contribution in [2.45, 2.75) is 44.2 Å². The first-order chi connectivity index (χ1) is 16.9. The number of carbonyl (C=O) groups excluding carboxylic acids is 1. The van der Waals surface area contributed by atoms with Gasteiger partial charge >= 0.3 is 0 Å². The lowest BCUT2D eigenvalue weighted by atomic mass is 9.49. The van der Waals surface area contributed by atoms with Gasteiger partial charge in [0.25, 0.3) is 5.91 Å². The molecule has 8 nitrogen and oxygen atoms in total. The molecule has 1 aromatic carbocycles. The molecular weight excluding hydrogens is 445 g/mol. The number of benzene rings is 1. The molecule has 0 spiro atoms. The molecule has 9 heteroatoms. The van der Waals surface area contributed by atoms with Crippen molar-refractivity contribution in [3.8, 4) is 0 Å². The average Bonchev–Trinajstić information content (AvgIpc) is 3.46. The summed E-state index contributed by atoms with van der Waals surface area (Å²) in [6, 6.07) is 5.65. The van der Waals surface area contributed by atoms with E-state index in [0.717, 1.165) is 36.5 Å². The molecule has 2 N–H and O–H groups in total. The van der Waals surface area contributed by atoms with Gasteiger partial charge in [-0.1, -0.05) is 0 Å². The maximum atomic E-state index is 14.5. The van der Waals surface area contributed by atoms with Gasteiger partial charge in [-0.3, -0.25) is 9.48 Å². The normalized spacial score (nSPS) is 25.2. The van der Waals surface area contributed by atoms with Crippen LogP contribution in [-0.4, -0.2) is 49.7 Å². The number of halogens is 1. The number of imidazole rings is 1. The van der Waals surface area contributed by atoms with Gasteiger partial charge in [0.15, 0.2) is 11.5 Å². The van der Waals surface area contributed by atoms with Crippen molar-refractivity contribution in [1.82, 2.24) is 24.5 Å². The molecule has 3 aromatic heterocycles. The minimum atomic E-state index is -0.481. The van der Waals surface area contributed by atoms with Crippen LogP contribution >= 0.6 is 0 Å². The molecule has 3 saturated carbocycles. The number of anilines is 2. The van der Waals surface area contributed by atoms with E-state index in [2.05, 4.69) is 25.6 Å². The molecule has 0 radical (unpaired) electrons. The number of nitrogens with one attached hydrogen (secondary N) is 2. The van der Waals surface area contributed by atoms with E-state index in [1.807, 2.05) is 25.4 Å². The summed E-state index contributed by atoms with van der Waals surface area (Å²) in [7, 11) is 1.87. The molecular formula is C26H28FN7O. The van der Waals surface area contributed by atoms with Gasteiger partial charge in [0, 0.05) is 67.4 Å². The third-order valence-corrected chi connectivity index (χ3v) is 7.97. The topological polar surface area (TPSA) is 79.5 Å². The Hall–Kier alpha value is -3.46. The monoisotopic (exact) mass is 473 g/mol. The molecule has 0 unspecified atom stereocenters. The lowest BCUT2D eigenvalue weighted by Gasteiger charge is -2.63. The molecule has 4 aliphatic rings. The lowest BCUT2D eigenvalue weighted by Crippen LogP contribution is -2.69. The summed E-state index contributed by atoms with van der Waals surface area (Å²) in [5, 5.41) is 12.3. The first-order valence-electron chi connectivity index (χ1n) is 12.3. The molecule has 35 heavy (non-hydrogen) atoms. The van der Waals surface area contributed by atoms with Crippen LogP contribution in [0.2, 0.25) is 0 Å². The first kappa shape index (κ1) is 20.9. The van der Waals surface area contributed by atoms with Gasteiger partial charge in [0.2, 0.25) is 0 Å². The van der Waals surface area contributed by atoms with E-state index in [0.29, 0.717) is 34.0 Å². The van der Waals surface area contributed by atoms with Crippen molar-refractivity contribution in [2.75, 3.05) is 23.3 Å². The van der Waals surface area contributed by atoms with E-state index in [1.54, 1.807) is 28.4 Å². The molecule has 1 atom stereocenters. The number of hydrogen-bond donors (Lipinski definition) is 2. The second kappa shape index (κ2) is 7.27. The third kappa shape index (κ3) is 3.32. The summed E-state index contributed by atoms with van der Waals surface area (Å²) in [5.74, 6) is 0.168. The van der Waals surface area contributed by atoms with E-state index >= 15 is 0 Å².